The van der Waals surface area contributed by atoms with Crippen LogP contribution in [0.5, 0.6) is 0 Å². The van der Waals surface area contributed by atoms with Gasteiger partial charge in [0.05, 0.1) is 0 Å². The lowest BCUT2D eigenvalue weighted by molar-refractivity contribution is -0.121. The van der Waals surface area contributed by atoms with Crippen LogP contribution in [0.1, 0.15) is 48.5 Å². The quantitative estimate of drug-likeness (QED) is 0.193. The Bertz CT molecular complexity index is 1370. The largest absolute Gasteiger partial charge is 0.372 e. The number of carbonyl (C=O) groups excluding carboxylic acids is 2. The van der Waals surface area contributed by atoms with Gasteiger partial charge in [-0.3, -0.25) is 9.35 Å². The number of amides is 2. The Hall–Kier alpha value is -2.57. The van der Waals surface area contributed by atoms with Gasteiger partial charge < -0.3 is 10.6 Å². The number of hydrogen-bond donors (Lipinski definition) is 2. The van der Waals surface area contributed by atoms with Crippen molar-refractivity contribution in [3.05, 3.63) is 64.6 Å². The molecule has 3 N–H and O–H groups in total. The first-order valence-electron chi connectivity index (χ1n) is 12.6. The molecule has 2 aliphatic heterocycles. The Morgan fingerprint density at radius 1 is 1.18 bits per heavy atom. The molecule has 0 spiro atoms. The number of anilines is 1. The van der Waals surface area contributed by atoms with Crippen LogP contribution in [0.25, 0.3) is 6.08 Å². The van der Waals surface area contributed by atoms with E-state index in [0.29, 0.717) is 4.91 Å². The molecular weight excluding hydrogens is 543 g/mol. The van der Waals surface area contributed by atoms with Crippen molar-refractivity contribution in [1.82, 2.24) is 4.48 Å². The molecule has 8 nitrogen and oxygen atoms in total. The highest BCUT2D eigenvalue weighted by Crippen LogP contribution is 2.44. The zero-order valence-corrected chi connectivity index (χ0v) is 23.7. The summed E-state index contributed by atoms with van der Waals surface area (Å²) in [6.45, 7) is 3.92. The minimum absolute atomic E-state index is 0.0625. The molecular formula is C27H32N3O5S3+. The van der Waals surface area contributed by atoms with Gasteiger partial charge in [-0.15, -0.1) is 0 Å². The van der Waals surface area contributed by atoms with Crippen molar-refractivity contribution in [3.63, 3.8) is 0 Å². The van der Waals surface area contributed by atoms with E-state index in [1.807, 2.05) is 24.3 Å². The molecule has 0 aromatic heterocycles. The minimum Gasteiger partial charge on any atom is -0.372 e. The first kappa shape index (κ1) is 28.4. The van der Waals surface area contributed by atoms with Gasteiger partial charge in [-0.25, -0.2) is 4.79 Å². The molecule has 2 fully saturated rings. The molecule has 2 aromatic rings. The lowest BCUT2D eigenvalue weighted by Crippen LogP contribution is -2.56. The summed E-state index contributed by atoms with van der Waals surface area (Å²) in [5.41, 5.74) is 7.76. The number of hydrogen-bond acceptors (Lipinski definition) is 7. The topological polar surface area (TPSA) is 118 Å². The SMILES string of the molecule is CCCC1CCN(c2ccc(C=C3SC(=S)[N+](CCS(=O)(=O)O)(c4ccccc4C(N)=O)C3=O)cc2)CC1. The fourth-order valence-corrected chi connectivity index (χ4v) is 7.29. The number of benzene rings is 2. The van der Waals surface area contributed by atoms with Gasteiger partial charge in [-0.2, -0.15) is 12.9 Å². The third-order valence-corrected chi connectivity index (χ3v) is 9.46. The minimum atomic E-state index is -4.41. The summed E-state index contributed by atoms with van der Waals surface area (Å²) in [5, 5.41) is 0. The molecule has 11 heteroatoms. The maximum Gasteiger partial charge on any atom is 0.364 e. The van der Waals surface area contributed by atoms with Crippen molar-refractivity contribution in [2.24, 2.45) is 11.7 Å². The third kappa shape index (κ3) is 6.02. The molecule has 0 radical (unpaired) electrons. The number of para-hydroxylation sites is 1. The average molecular weight is 575 g/mol. The van der Waals surface area contributed by atoms with E-state index in [0.717, 1.165) is 42.0 Å². The van der Waals surface area contributed by atoms with Gasteiger partial charge in [0.15, 0.2) is 5.69 Å². The summed E-state index contributed by atoms with van der Waals surface area (Å²) in [6.07, 6.45) is 6.61. The van der Waals surface area contributed by atoms with Crippen molar-refractivity contribution >= 4 is 67.7 Å². The van der Waals surface area contributed by atoms with Crippen LogP contribution in [0.15, 0.2) is 53.4 Å². The van der Waals surface area contributed by atoms with Crippen LogP contribution in [0.3, 0.4) is 0 Å². The number of nitrogens with two attached hydrogens (primary N) is 1. The summed E-state index contributed by atoms with van der Waals surface area (Å²) in [6, 6.07) is 14.2. The van der Waals surface area contributed by atoms with Crippen LogP contribution in [0.4, 0.5) is 11.4 Å². The molecule has 38 heavy (non-hydrogen) atoms. The van der Waals surface area contributed by atoms with Crippen molar-refractivity contribution < 1.29 is 22.6 Å². The molecule has 1 unspecified atom stereocenters. The average Bonchev–Trinajstić information content (AvgIpc) is 3.12. The number of carbonyl (C=O) groups is 2. The number of primary amides is 1. The van der Waals surface area contributed by atoms with E-state index in [4.69, 9.17) is 18.0 Å². The molecule has 2 aliphatic rings. The number of nitrogens with zero attached hydrogens (tertiary/aromatic N) is 2. The predicted octanol–water partition coefficient (Wildman–Crippen LogP) is 4.60. The number of thioether (sulfide) groups is 1. The highest BCUT2D eigenvalue weighted by molar-refractivity contribution is 8.27. The lowest BCUT2D eigenvalue weighted by Gasteiger charge is -2.33. The van der Waals surface area contributed by atoms with Gasteiger partial charge in [0.2, 0.25) is 0 Å². The maximum atomic E-state index is 13.9. The Kier molecular flexibility index (Phi) is 8.73. The van der Waals surface area contributed by atoms with Crippen molar-refractivity contribution in [3.8, 4) is 0 Å². The Balaban J connectivity index is 1.63. The second kappa shape index (κ2) is 11.7. The van der Waals surface area contributed by atoms with Crippen molar-refractivity contribution in [2.45, 2.75) is 32.6 Å². The van der Waals surface area contributed by atoms with E-state index in [9.17, 15) is 22.6 Å². The number of piperidine rings is 1. The monoisotopic (exact) mass is 574 g/mol. The standard InChI is InChI=1S/C27H31N3O5S3/c1-2-5-19-12-14-29(15-13-19)21-10-8-20(9-11-21)18-24-26(32)30(27(36)37-24,16-17-38(33,34)35)23-7-4-3-6-22(23)25(28)31/h3-4,6-11,18-19H,2,5,12-17H2,1H3,(H2-,28,31,33,34,35)/p+1. The molecule has 4 rings (SSSR count). The van der Waals surface area contributed by atoms with Gasteiger partial charge >= 0.3 is 5.91 Å². The van der Waals surface area contributed by atoms with Gasteiger partial charge in [0.1, 0.15) is 22.8 Å². The number of quaternary nitrogens is 1. The van der Waals surface area contributed by atoms with Crippen molar-refractivity contribution in [1.29, 1.82) is 0 Å². The van der Waals surface area contributed by atoms with Crippen molar-refractivity contribution in [2.75, 3.05) is 30.3 Å². The van der Waals surface area contributed by atoms with E-state index >= 15 is 0 Å². The smallest absolute Gasteiger partial charge is 0.364 e. The van der Waals surface area contributed by atoms with Crippen LogP contribution >= 0.6 is 24.0 Å². The maximum absolute atomic E-state index is 13.9. The molecule has 2 saturated heterocycles. The summed E-state index contributed by atoms with van der Waals surface area (Å²) >= 11 is 6.67. The first-order chi connectivity index (χ1) is 18.0. The van der Waals surface area contributed by atoms with E-state index in [2.05, 4.69) is 11.8 Å². The molecule has 0 bridgehead atoms. The zero-order valence-electron chi connectivity index (χ0n) is 21.2. The normalized spacial score (nSPS) is 21.8. The van der Waals surface area contributed by atoms with Gasteiger partial charge in [0, 0.05) is 24.8 Å². The number of thiocarbonyl (C=S) groups is 1. The second-order valence-electron chi connectivity index (χ2n) is 9.69. The highest BCUT2D eigenvalue weighted by atomic mass is 32.2. The molecule has 202 valence electrons. The lowest BCUT2D eigenvalue weighted by atomic mass is 9.92. The molecule has 1 atom stereocenters. The van der Waals surface area contributed by atoms with Crippen LogP contribution in [-0.4, -0.2) is 54.5 Å². The van der Waals surface area contributed by atoms with Crippen LogP contribution < -0.4 is 15.1 Å². The van der Waals surface area contributed by atoms with E-state index in [1.54, 1.807) is 18.2 Å². The second-order valence-corrected chi connectivity index (χ2v) is 12.9. The van der Waals surface area contributed by atoms with E-state index in [-0.39, 0.29) is 22.1 Å². The molecule has 0 saturated carbocycles. The molecule has 2 amide bonds. The molecule has 2 aromatic carbocycles. The number of rotatable bonds is 9. The molecule has 0 aliphatic carbocycles. The van der Waals surface area contributed by atoms with Crippen LogP contribution in [-0.2, 0) is 14.9 Å². The van der Waals surface area contributed by atoms with Crippen LogP contribution in [0, 0.1) is 5.92 Å². The summed E-state index contributed by atoms with van der Waals surface area (Å²) in [7, 11) is -4.41. The zero-order chi connectivity index (χ0) is 27.5. The highest BCUT2D eigenvalue weighted by Gasteiger charge is 2.54. The Morgan fingerprint density at radius 3 is 2.45 bits per heavy atom. The molecule has 2 heterocycles. The van der Waals surface area contributed by atoms with E-state index < -0.39 is 32.2 Å². The summed E-state index contributed by atoms with van der Waals surface area (Å²) in [4.78, 5) is 28.8. The third-order valence-electron chi connectivity index (χ3n) is 7.20. The van der Waals surface area contributed by atoms with E-state index in [1.165, 1.54) is 37.8 Å². The Labute approximate surface area is 233 Å². The first-order valence-corrected chi connectivity index (χ1v) is 15.4. The van der Waals surface area contributed by atoms with Gasteiger partial charge in [-0.05, 0) is 72.6 Å². The van der Waals surface area contributed by atoms with Crippen LogP contribution in [0.2, 0.25) is 0 Å². The Morgan fingerprint density at radius 2 is 1.84 bits per heavy atom. The predicted molar refractivity (Wildman–Crippen MR) is 157 cm³/mol. The fraction of sp³-hybridized carbons (Fsp3) is 0.370. The van der Waals surface area contributed by atoms with Gasteiger partial charge in [-0.1, -0.05) is 44.0 Å². The van der Waals surface area contributed by atoms with Gasteiger partial charge in [0.25, 0.3) is 20.3 Å². The summed E-state index contributed by atoms with van der Waals surface area (Å²) < 4.78 is 32.2. The fourth-order valence-electron chi connectivity index (χ4n) is 5.19. The summed E-state index contributed by atoms with van der Waals surface area (Å²) in [5.74, 6) is -1.16.